The average Bonchev–Trinajstić information content (AvgIpc) is 2.17. The standard InChI is InChI=1S/C7H7BrS/c1-2-3-6-4-5-7(8)9-6/h2,4-5H,1,3H2. The van der Waals surface area contributed by atoms with Gasteiger partial charge in [-0.1, -0.05) is 6.08 Å². The highest BCUT2D eigenvalue weighted by molar-refractivity contribution is 9.11. The minimum absolute atomic E-state index is 0.982. The van der Waals surface area contributed by atoms with Gasteiger partial charge in [-0.05, 0) is 34.5 Å². The van der Waals surface area contributed by atoms with Crippen LogP contribution in [0.4, 0.5) is 0 Å². The number of halogens is 1. The Morgan fingerprint density at radius 1 is 1.67 bits per heavy atom. The lowest BCUT2D eigenvalue weighted by Crippen LogP contribution is -1.66. The normalized spacial score (nSPS) is 9.44. The van der Waals surface area contributed by atoms with E-state index < -0.39 is 0 Å². The van der Waals surface area contributed by atoms with Crippen molar-refractivity contribution in [2.75, 3.05) is 0 Å². The molecule has 0 atom stereocenters. The fourth-order valence-corrected chi connectivity index (χ4v) is 2.08. The van der Waals surface area contributed by atoms with Crippen LogP contribution in [0.15, 0.2) is 28.6 Å². The average molecular weight is 203 g/mol. The lowest BCUT2D eigenvalue weighted by Gasteiger charge is -1.82. The molecule has 0 aliphatic rings. The maximum atomic E-state index is 3.66. The highest BCUT2D eigenvalue weighted by Crippen LogP contribution is 2.22. The van der Waals surface area contributed by atoms with Crippen LogP contribution in [0.2, 0.25) is 0 Å². The Bertz CT molecular complexity index is 202. The molecule has 1 rings (SSSR count). The fraction of sp³-hybridized carbons (Fsp3) is 0.143. The van der Waals surface area contributed by atoms with Crippen molar-refractivity contribution in [1.82, 2.24) is 0 Å². The monoisotopic (exact) mass is 202 g/mol. The Kier molecular flexibility index (Phi) is 2.49. The van der Waals surface area contributed by atoms with Crippen LogP contribution in [0, 0.1) is 0 Å². The molecule has 0 radical (unpaired) electrons. The van der Waals surface area contributed by atoms with Crippen LogP contribution in [0.5, 0.6) is 0 Å². The molecule has 2 heteroatoms. The smallest absolute Gasteiger partial charge is 0.0701 e. The second-order valence-electron chi connectivity index (χ2n) is 1.70. The first-order valence-electron chi connectivity index (χ1n) is 2.68. The molecule has 1 heterocycles. The summed E-state index contributed by atoms with van der Waals surface area (Å²) in [5, 5.41) is 0. The number of rotatable bonds is 2. The van der Waals surface area contributed by atoms with Crippen molar-refractivity contribution >= 4 is 27.3 Å². The SMILES string of the molecule is C=CCc1ccc(Br)s1. The predicted octanol–water partition coefficient (Wildman–Crippen LogP) is 3.24. The van der Waals surface area contributed by atoms with Gasteiger partial charge >= 0.3 is 0 Å². The Hall–Kier alpha value is -0.0800. The summed E-state index contributed by atoms with van der Waals surface area (Å²) in [6, 6.07) is 4.17. The lowest BCUT2D eigenvalue weighted by atomic mass is 10.3. The molecule has 0 saturated heterocycles. The zero-order valence-electron chi connectivity index (χ0n) is 4.93. The molecule has 0 bridgehead atoms. The van der Waals surface area contributed by atoms with Crippen molar-refractivity contribution in [3.63, 3.8) is 0 Å². The van der Waals surface area contributed by atoms with Crippen LogP contribution in [0.1, 0.15) is 4.88 Å². The number of allylic oxidation sites excluding steroid dienone is 1. The summed E-state index contributed by atoms with van der Waals surface area (Å²) in [5.41, 5.74) is 0. The van der Waals surface area contributed by atoms with Gasteiger partial charge in [0.05, 0.1) is 3.79 Å². The third-order valence-electron chi connectivity index (χ3n) is 0.974. The maximum Gasteiger partial charge on any atom is 0.0701 e. The van der Waals surface area contributed by atoms with E-state index >= 15 is 0 Å². The largest absolute Gasteiger partial charge is 0.133 e. The molecule has 0 aliphatic carbocycles. The minimum atomic E-state index is 0.982. The molecule has 48 valence electrons. The Morgan fingerprint density at radius 3 is 2.89 bits per heavy atom. The van der Waals surface area contributed by atoms with Crippen molar-refractivity contribution < 1.29 is 0 Å². The maximum absolute atomic E-state index is 3.66. The van der Waals surface area contributed by atoms with Crippen molar-refractivity contribution in [1.29, 1.82) is 0 Å². The van der Waals surface area contributed by atoms with Gasteiger partial charge in [0.2, 0.25) is 0 Å². The second kappa shape index (κ2) is 3.18. The molecule has 0 saturated carbocycles. The van der Waals surface area contributed by atoms with E-state index in [0.717, 1.165) is 6.42 Å². The van der Waals surface area contributed by atoms with E-state index in [-0.39, 0.29) is 0 Å². The Morgan fingerprint density at radius 2 is 2.44 bits per heavy atom. The molecule has 0 N–H and O–H groups in total. The molecule has 0 aromatic carbocycles. The van der Waals surface area contributed by atoms with Crippen LogP contribution in [-0.2, 0) is 6.42 Å². The van der Waals surface area contributed by atoms with Gasteiger partial charge in [0.15, 0.2) is 0 Å². The van der Waals surface area contributed by atoms with Crippen molar-refractivity contribution in [3.05, 3.63) is 33.5 Å². The fourth-order valence-electron chi connectivity index (χ4n) is 0.604. The summed E-state index contributed by atoms with van der Waals surface area (Å²) in [4.78, 5) is 1.36. The van der Waals surface area contributed by atoms with Crippen molar-refractivity contribution in [2.45, 2.75) is 6.42 Å². The number of hydrogen-bond donors (Lipinski definition) is 0. The van der Waals surface area contributed by atoms with Crippen LogP contribution in [-0.4, -0.2) is 0 Å². The van der Waals surface area contributed by atoms with E-state index in [1.165, 1.54) is 8.66 Å². The molecule has 0 aliphatic heterocycles. The Labute approximate surface area is 67.3 Å². The minimum Gasteiger partial charge on any atom is -0.133 e. The summed E-state index contributed by atoms with van der Waals surface area (Å²) in [6.45, 7) is 3.66. The van der Waals surface area contributed by atoms with E-state index in [4.69, 9.17) is 0 Å². The van der Waals surface area contributed by atoms with Gasteiger partial charge in [0.1, 0.15) is 0 Å². The van der Waals surface area contributed by atoms with E-state index in [0.29, 0.717) is 0 Å². The van der Waals surface area contributed by atoms with Crippen LogP contribution in [0.25, 0.3) is 0 Å². The summed E-state index contributed by atoms with van der Waals surface area (Å²) in [5.74, 6) is 0. The topological polar surface area (TPSA) is 0 Å². The first-order chi connectivity index (χ1) is 4.33. The van der Waals surface area contributed by atoms with Gasteiger partial charge in [-0.3, -0.25) is 0 Å². The second-order valence-corrected chi connectivity index (χ2v) is 4.25. The van der Waals surface area contributed by atoms with Gasteiger partial charge in [-0.2, -0.15) is 0 Å². The molecule has 1 aromatic heterocycles. The zero-order chi connectivity index (χ0) is 6.69. The van der Waals surface area contributed by atoms with E-state index in [2.05, 4.69) is 34.6 Å². The summed E-state index contributed by atoms with van der Waals surface area (Å²) in [7, 11) is 0. The van der Waals surface area contributed by atoms with Gasteiger partial charge in [-0.15, -0.1) is 17.9 Å². The van der Waals surface area contributed by atoms with Crippen LogP contribution in [0.3, 0.4) is 0 Å². The molecule has 0 unspecified atom stereocenters. The first kappa shape index (κ1) is 7.03. The zero-order valence-corrected chi connectivity index (χ0v) is 7.33. The summed E-state index contributed by atoms with van der Waals surface area (Å²) < 4.78 is 1.19. The predicted molar refractivity (Wildman–Crippen MR) is 45.9 cm³/mol. The Balaban J connectivity index is 2.72. The van der Waals surface area contributed by atoms with Crippen LogP contribution < -0.4 is 0 Å². The van der Waals surface area contributed by atoms with Crippen molar-refractivity contribution in [3.8, 4) is 0 Å². The highest BCUT2D eigenvalue weighted by Gasteiger charge is 1.92. The molecular formula is C7H7BrS. The molecule has 1 aromatic rings. The molecule has 0 nitrogen and oxygen atoms in total. The third kappa shape index (κ3) is 1.95. The number of thiophene rings is 1. The summed E-state index contributed by atoms with van der Waals surface area (Å²) >= 11 is 5.14. The molecule has 0 spiro atoms. The van der Waals surface area contributed by atoms with E-state index in [9.17, 15) is 0 Å². The quantitative estimate of drug-likeness (QED) is 0.647. The van der Waals surface area contributed by atoms with Gasteiger partial charge < -0.3 is 0 Å². The molecule has 0 amide bonds. The third-order valence-corrected chi connectivity index (χ3v) is 2.62. The van der Waals surface area contributed by atoms with Crippen molar-refractivity contribution in [2.24, 2.45) is 0 Å². The van der Waals surface area contributed by atoms with Gasteiger partial charge in [0, 0.05) is 4.88 Å². The molecular weight excluding hydrogens is 196 g/mol. The molecule has 9 heavy (non-hydrogen) atoms. The van der Waals surface area contributed by atoms with E-state index in [1.807, 2.05) is 6.08 Å². The van der Waals surface area contributed by atoms with Crippen LogP contribution >= 0.6 is 27.3 Å². The lowest BCUT2D eigenvalue weighted by molar-refractivity contribution is 1.36. The molecule has 0 fully saturated rings. The highest BCUT2D eigenvalue weighted by atomic mass is 79.9. The first-order valence-corrected chi connectivity index (χ1v) is 4.29. The van der Waals surface area contributed by atoms with Gasteiger partial charge in [0.25, 0.3) is 0 Å². The number of hydrogen-bond acceptors (Lipinski definition) is 1. The van der Waals surface area contributed by atoms with E-state index in [1.54, 1.807) is 11.3 Å². The summed E-state index contributed by atoms with van der Waals surface area (Å²) in [6.07, 6.45) is 2.90. The van der Waals surface area contributed by atoms with Gasteiger partial charge in [-0.25, -0.2) is 0 Å².